The number of likely N-dealkylation sites (tertiary alicyclic amines) is 1. The van der Waals surface area contributed by atoms with E-state index in [4.69, 9.17) is 9.47 Å². The van der Waals surface area contributed by atoms with E-state index in [1.54, 1.807) is 0 Å². The number of unbranched alkanes of at least 4 members (excludes halogenated alkanes) is 1. The standard InChI is InChI=1S/C19H24N2O3/c1-2-3-8-16-17(22)20-18(24-16)21-11-9-19(10-12-21)15-7-5-4-6-14(15)13-23-19/h4-7,16H,2-3,8-13H2,1H3/t16-/m0/s1. The molecule has 128 valence electrons. The van der Waals surface area contributed by atoms with E-state index in [2.05, 4.69) is 41.1 Å². The van der Waals surface area contributed by atoms with Gasteiger partial charge >= 0.3 is 0 Å². The molecule has 1 atom stereocenters. The minimum absolute atomic E-state index is 0.124. The summed E-state index contributed by atoms with van der Waals surface area (Å²) < 4.78 is 12.0. The third-order valence-corrected chi connectivity index (χ3v) is 5.40. The van der Waals surface area contributed by atoms with Crippen molar-refractivity contribution in [3.8, 4) is 0 Å². The number of carbonyl (C=O) groups is 1. The smallest absolute Gasteiger partial charge is 0.296 e. The number of amides is 1. The largest absolute Gasteiger partial charge is 0.451 e. The van der Waals surface area contributed by atoms with Crippen molar-refractivity contribution in [1.29, 1.82) is 0 Å². The van der Waals surface area contributed by atoms with Crippen molar-refractivity contribution in [3.05, 3.63) is 35.4 Å². The van der Waals surface area contributed by atoms with Gasteiger partial charge in [0.2, 0.25) is 0 Å². The molecule has 0 saturated carbocycles. The Kier molecular flexibility index (Phi) is 4.04. The molecule has 1 aromatic rings. The molecule has 24 heavy (non-hydrogen) atoms. The van der Waals surface area contributed by atoms with Crippen LogP contribution in [0.15, 0.2) is 29.3 Å². The van der Waals surface area contributed by atoms with Crippen molar-refractivity contribution < 1.29 is 14.3 Å². The van der Waals surface area contributed by atoms with Crippen LogP contribution in [0, 0.1) is 0 Å². The topological polar surface area (TPSA) is 51.1 Å². The van der Waals surface area contributed by atoms with Crippen LogP contribution in [0.1, 0.15) is 50.2 Å². The lowest BCUT2D eigenvalue weighted by Gasteiger charge is -2.39. The Labute approximate surface area is 142 Å². The van der Waals surface area contributed by atoms with Crippen LogP contribution in [0.25, 0.3) is 0 Å². The first-order valence-corrected chi connectivity index (χ1v) is 8.98. The fraction of sp³-hybridized carbons (Fsp3) is 0.579. The maximum atomic E-state index is 12.0. The van der Waals surface area contributed by atoms with Crippen molar-refractivity contribution in [3.63, 3.8) is 0 Å². The summed E-state index contributed by atoms with van der Waals surface area (Å²) in [7, 11) is 0. The summed E-state index contributed by atoms with van der Waals surface area (Å²) in [5.74, 6) is -0.124. The molecule has 5 nitrogen and oxygen atoms in total. The second-order valence-corrected chi connectivity index (χ2v) is 6.91. The highest BCUT2D eigenvalue weighted by atomic mass is 16.5. The molecule has 0 radical (unpaired) electrons. The number of fused-ring (bicyclic) bond motifs is 2. The summed E-state index contributed by atoms with van der Waals surface area (Å²) in [4.78, 5) is 18.2. The zero-order chi connectivity index (χ0) is 16.6. The Hall–Kier alpha value is -1.88. The minimum Gasteiger partial charge on any atom is -0.451 e. The minimum atomic E-state index is -0.376. The molecular formula is C19H24N2O3. The van der Waals surface area contributed by atoms with Gasteiger partial charge in [0, 0.05) is 13.1 Å². The van der Waals surface area contributed by atoms with Gasteiger partial charge in [0.15, 0.2) is 6.10 Å². The second-order valence-electron chi connectivity index (χ2n) is 6.91. The molecule has 1 spiro atoms. The highest BCUT2D eigenvalue weighted by Gasteiger charge is 2.44. The fourth-order valence-corrected chi connectivity index (χ4v) is 3.94. The zero-order valence-corrected chi connectivity index (χ0v) is 14.2. The number of benzene rings is 1. The molecule has 0 unspecified atom stereocenters. The van der Waals surface area contributed by atoms with E-state index in [1.165, 1.54) is 11.1 Å². The Morgan fingerprint density at radius 2 is 2.08 bits per heavy atom. The average Bonchev–Trinajstić information content (AvgIpc) is 3.16. The van der Waals surface area contributed by atoms with Crippen LogP contribution in [-0.2, 0) is 26.5 Å². The molecule has 0 N–H and O–H groups in total. The summed E-state index contributed by atoms with van der Waals surface area (Å²) in [5, 5.41) is 0. The first-order valence-electron chi connectivity index (χ1n) is 8.98. The zero-order valence-electron chi connectivity index (χ0n) is 14.2. The van der Waals surface area contributed by atoms with Crippen LogP contribution in [0.4, 0.5) is 0 Å². The van der Waals surface area contributed by atoms with E-state index < -0.39 is 0 Å². The third kappa shape index (κ3) is 2.61. The number of amidine groups is 1. The number of ether oxygens (including phenoxy) is 2. The molecule has 3 aliphatic rings. The summed E-state index contributed by atoms with van der Waals surface area (Å²) in [6.07, 6.45) is 4.24. The van der Waals surface area contributed by atoms with Gasteiger partial charge in [-0.2, -0.15) is 4.99 Å². The van der Waals surface area contributed by atoms with Crippen molar-refractivity contribution in [1.82, 2.24) is 4.90 Å². The molecule has 3 aliphatic heterocycles. The molecule has 4 rings (SSSR count). The van der Waals surface area contributed by atoms with Crippen molar-refractivity contribution in [2.75, 3.05) is 13.1 Å². The Bertz CT molecular complexity index is 662. The maximum Gasteiger partial charge on any atom is 0.296 e. The molecule has 3 heterocycles. The monoisotopic (exact) mass is 328 g/mol. The lowest BCUT2D eigenvalue weighted by atomic mass is 9.84. The molecule has 0 aromatic heterocycles. The molecule has 0 bridgehead atoms. The number of hydrogen-bond acceptors (Lipinski definition) is 4. The predicted molar refractivity (Wildman–Crippen MR) is 90.6 cm³/mol. The molecule has 5 heteroatoms. The predicted octanol–water partition coefficient (Wildman–Crippen LogP) is 2.98. The second kappa shape index (κ2) is 6.20. The van der Waals surface area contributed by atoms with E-state index in [1.807, 2.05) is 0 Å². The first-order chi connectivity index (χ1) is 11.7. The number of carbonyl (C=O) groups excluding carboxylic acids is 1. The Balaban J connectivity index is 1.41. The number of rotatable bonds is 3. The quantitative estimate of drug-likeness (QED) is 0.856. The van der Waals surface area contributed by atoms with Crippen LogP contribution in [-0.4, -0.2) is 36.0 Å². The SMILES string of the molecule is CCCC[C@@H]1OC(N2CCC3(CC2)OCc2ccccc23)=NC1=O. The molecule has 1 saturated heterocycles. The van der Waals surface area contributed by atoms with Crippen molar-refractivity contribution in [2.24, 2.45) is 4.99 Å². The molecule has 1 fully saturated rings. The Morgan fingerprint density at radius 1 is 1.29 bits per heavy atom. The Morgan fingerprint density at radius 3 is 2.88 bits per heavy atom. The third-order valence-electron chi connectivity index (χ3n) is 5.40. The summed E-state index contributed by atoms with van der Waals surface area (Å²) in [6.45, 7) is 4.43. The van der Waals surface area contributed by atoms with Gasteiger partial charge in [0.05, 0.1) is 12.2 Å². The molecule has 0 aliphatic carbocycles. The van der Waals surface area contributed by atoms with Gasteiger partial charge in [0.1, 0.15) is 0 Å². The van der Waals surface area contributed by atoms with Gasteiger partial charge in [-0.05, 0) is 36.8 Å². The lowest BCUT2D eigenvalue weighted by molar-refractivity contribution is -0.123. The van der Waals surface area contributed by atoms with Crippen LogP contribution < -0.4 is 0 Å². The summed E-state index contributed by atoms with van der Waals surface area (Å²) in [6, 6.07) is 9.01. The van der Waals surface area contributed by atoms with Gasteiger partial charge < -0.3 is 14.4 Å². The first kappa shape index (κ1) is 15.6. The molecule has 1 aromatic carbocycles. The van der Waals surface area contributed by atoms with Gasteiger partial charge in [-0.3, -0.25) is 4.79 Å². The van der Waals surface area contributed by atoms with Gasteiger partial charge in [-0.15, -0.1) is 0 Å². The van der Waals surface area contributed by atoms with E-state index in [0.29, 0.717) is 12.6 Å². The van der Waals surface area contributed by atoms with Gasteiger partial charge in [-0.1, -0.05) is 37.6 Å². The molecular weight excluding hydrogens is 304 g/mol. The van der Waals surface area contributed by atoms with E-state index in [0.717, 1.165) is 45.2 Å². The van der Waals surface area contributed by atoms with E-state index in [9.17, 15) is 4.79 Å². The fourth-order valence-electron chi connectivity index (χ4n) is 3.94. The normalized spacial score (nSPS) is 24.9. The maximum absolute atomic E-state index is 12.0. The summed E-state index contributed by atoms with van der Waals surface area (Å²) in [5.41, 5.74) is 2.46. The van der Waals surface area contributed by atoms with E-state index >= 15 is 0 Å². The van der Waals surface area contributed by atoms with Crippen molar-refractivity contribution >= 4 is 11.9 Å². The highest BCUT2D eigenvalue weighted by Crippen LogP contribution is 2.44. The highest BCUT2D eigenvalue weighted by molar-refractivity contribution is 5.98. The number of aliphatic imine (C=N–C) groups is 1. The van der Waals surface area contributed by atoms with E-state index in [-0.39, 0.29) is 17.6 Å². The van der Waals surface area contributed by atoms with Gasteiger partial charge in [-0.25, -0.2) is 0 Å². The van der Waals surface area contributed by atoms with Crippen LogP contribution in [0.3, 0.4) is 0 Å². The summed E-state index contributed by atoms with van der Waals surface area (Å²) >= 11 is 0. The van der Waals surface area contributed by atoms with Crippen LogP contribution in [0.2, 0.25) is 0 Å². The van der Waals surface area contributed by atoms with Crippen LogP contribution in [0.5, 0.6) is 0 Å². The number of hydrogen-bond donors (Lipinski definition) is 0. The lowest BCUT2D eigenvalue weighted by Crippen LogP contribution is -2.45. The average molecular weight is 328 g/mol. The number of nitrogens with zero attached hydrogens (tertiary/aromatic N) is 2. The van der Waals surface area contributed by atoms with Gasteiger partial charge in [0.25, 0.3) is 11.9 Å². The number of piperidine rings is 1. The van der Waals surface area contributed by atoms with Crippen LogP contribution >= 0.6 is 0 Å². The molecule has 1 amide bonds. The van der Waals surface area contributed by atoms with Crippen molar-refractivity contribution in [2.45, 2.75) is 57.3 Å².